The molecule has 1 aromatic heterocycles. The molecule has 1 aromatic carbocycles. The van der Waals surface area contributed by atoms with Gasteiger partial charge in [-0.05, 0) is 44.0 Å². The molecule has 7 nitrogen and oxygen atoms in total. The van der Waals surface area contributed by atoms with Crippen LogP contribution in [0, 0.1) is 0 Å². The van der Waals surface area contributed by atoms with Crippen LogP contribution in [0.1, 0.15) is 40.5 Å². The Labute approximate surface area is 160 Å². The van der Waals surface area contributed by atoms with E-state index in [9.17, 15) is 9.59 Å². The monoisotopic (exact) mass is 393 g/mol. The minimum Gasteiger partial charge on any atom is -0.338 e. The Hall–Kier alpha value is -2.19. The molecule has 3 rings (SSSR count). The van der Waals surface area contributed by atoms with Crippen molar-refractivity contribution >= 4 is 40.6 Å². The van der Waals surface area contributed by atoms with E-state index in [2.05, 4.69) is 20.8 Å². The third kappa shape index (κ3) is 4.50. The lowest BCUT2D eigenvalue weighted by molar-refractivity contribution is 0.102. The first kappa shape index (κ1) is 18.6. The summed E-state index contributed by atoms with van der Waals surface area (Å²) in [5, 5.41) is 15.5. The quantitative estimate of drug-likeness (QED) is 0.833. The van der Waals surface area contributed by atoms with E-state index < -0.39 is 0 Å². The van der Waals surface area contributed by atoms with Gasteiger partial charge in [0.1, 0.15) is 5.01 Å². The van der Waals surface area contributed by atoms with Crippen LogP contribution >= 0.6 is 22.9 Å². The van der Waals surface area contributed by atoms with Crippen LogP contribution in [0.25, 0.3) is 0 Å². The number of aromatic nitrogens is 2. The van der Waals surface area contributed by atoms with Crippen molar-refractivity contribution < 1.29 is 9.59 Å². The number of amides is 3. The van der Waals surface area contributed by atoms with Crippen LogP contribution in [0.3, 0.4) is 0 Å². The van der Waals surface area contributed by atoms with Gasteiger partial charge in [0, 0.05) is 36.3 Å². The molecule has 0 spiro atoms. The van der Waals surface area contributed by atoms with Gasteiger partial charge in [-0.15, -0.1) is 10.2 Å². The van der Waals surface area contributed by atoms with E-state index in [0.717, 1.165) is 24.4 Å². The van der Waals surface area contributed by atoms with Crippen LogP contribution in [0.15, 0.2) is 24.3 Å². The van der Waals surface area contributed by atoms with Crippen LogP contribution in [-0.2, 0) is 0 Å². The molecule has 2 N–H and O–H groups in total. The van der Waals surface area contributed by atoms with E-state index >= 15 is 0 Å². The summed E-state index contributed by atoms with van der Waals surface area (Å²) in [6, 6.07) is 6.82. The maximum atomic E-state index is 12.3. The molecule has 0 radical (unpaired) electrons. The zero-order valence-corrected chi connectivity index (χ0v) is 15.9. The Morgan fingerprint density at radius 2 is 2.08 bits per heavy atom. The van der Waals surface area contributed by atoms with Crippen molar-refractivity contribution in [3.8, 4) is 0 Å². The van der Waals surface area contributed by atoms with Gasteiger partial charge in [0.15, 0.2) is 0 Å². The normalized spacial score (nSPS) is 17.0. The second-order valence-corrected chi connectivity index (χ2v) is 7.47. The number of anilines is 1. The van der Waals surface area contributed by atoms with Crippen molar-refractivity contribution in [3.05, 3.63) is 39.3 Å². The van der Waals surface area contributed by atoms with Crippen LogP contribution < -0.4 is 10.6 Å². The second kappa shape index (κ2) is 8.46. The minimum absolute atomic E-state index is 0.0533. The number of piperidine rings is 1. The molecule has 1 atom stereocenters. The van der Waals surface area contributed by atoms with Gasteiger partial charge in [-0.1, -0.05) is 22.9 Å². The summed E-state index contributed by atoms with van der Waals surface area (Å²) < 4.78 is 0. The SMILES string of the molecule is CCNC(=O)N1CCC[C@@H](c2nnc(C(=O)Nc3ccc(Cl)cc3)s2)C1. The Morgan fingerprint density at radius 3 is 2.81 bits per heavy atom. The van der Waals surface area contributed by atoms with Crippen LogP contribution in [-0.4, -0.2) is 46.7 Å². The third-order valence-electron chi connectivity index (χ3n) is 4.12. The zero-order valence-electron chi connectivity index (χ0n) is 14.4. The predicted octanol–water partition coefficient (Wildman–Crippen LogP) is 3.35. The number of rotatable bonds is 4. The molecule has 26 heavy (non-hydrogen) atoms. The van der Waals surface area contributed by atoms with E-state index in [1.807, 2.05) is 6.92 Å². The molecule has 1 saturated heterocycles. The highest BCUT2D eigenvalue weighted by Gasteiger charge is 2.27. The minimum atomic E-state index is -0.299. The number of benzene rings is 1. The maximum Gasteiger partial charge on any atom is 0.317 e. The number of halogens is 1. The Kier molecular flexibility index (Phi) is 6.05. The summed E-state index contributed by atoms with van der Waals surface area (Å²) in [6.45, 7) is 3.84. The summed E-state index contributed by atoms with van der Waals surface area (Å²) >= 11 is 7.12. The summed E-state index contributed by atoms with van der Waals surface area (Å²) in [6.07, 6.45) is 1.84. The summed E-state index contributed by atoms with van der Waals surface area (Å²) in [5.74, 6) is -0.187. The van der Waals surface area contributed by atoms with Crippen LogP contribution in [0.2, 0.25) is 5.02 Å². The number of likely N-dealkylation sites (tertiary alicyclic amines) is 1. The van der Waals surface area contributed by atoms with E-state index in [-0.39, 0.29) is 17.9 Å². The highest BCUT2D eigenvalue weighted by atomic mass is 35.5. The molecular formula is C17H20ClN5O2S. The average molecular weight is 394 g/mol. The van der Waals surface area contributed by atoms with E-state index in [0.29, 0.717) is 28.8 Å². The fourth-order valence-electron chi connectivity index (χ4n) is 2.84. The van der Waals surface area contributed by atoms with Gasteiger partial charge in [0.2, 0.25) is 5.01 Å². The number of hydrogen-bond acceptors (Lipinski definition) is 5. The summed E-state index contributed by atoms with van der Waals surface area (Å²) in [5.41, 5.74) is 0.649. The highest BCUT2D eigenvalue weighted by molar-refractivity contribution is 7.13. The van der Waals surface area contributed by atoms with Crippen molar-refractivity contribution in [2.24, 2.45) is 0 Å². The lowest BCUT2D eigenvalue weighted by Crippen LogP contribution is -2.44. The van der Waals surface area contributed by atoms with Gasteiger partial charge in [-0.2, -0.15) is 0 Å². The topological polar surface area (TPSA) is 87.2 Å². The predicted molar refractivity (Wildman–Crippen MR) is 102 cm³/mol. The van der Waals surface area contributed by atoms with Gasteiger partial charge >= 0.3 is 6.03 Å². The number of nitrogens with zero attached hydrogens (tertiary/aromatic N) is 3. The molecule has 9 heteroatoms. The van der Waals surface area contributed by atoms with E-state index in [4.69, 9.17) is 11.6 Å². The fraction of sp³-hybridized carbons (Fsp3) is 0.412. The molecule has 2 heterocycles. The average Bonchev–Trinajstić information content (AvgIpc) is 3.14. The van der Waals surface area contributed by atoms with Gasteiger partial charge in [0.05, 0.1) is 0 Å². The lowest BCUT2D eigenvalue weighted by atomic mass is 9.99. The molecule has 0 unspecified atom stereocenters. The van der Waals surface area contributed by atoms with Crippen molar-refractivity contribution in [2.45, 2.75) is 25.7 Å². The second-order valence-electron chi connectivity index (χ2n) is 6.03. The van der Waals surface area contributed by atoms with Crippen molar-refractivity contribution in [3.63, 3.8) is 0 Å². The number of carbonyl (C=O) groups excluding carboxylic acids is 2. The first-order chi connectivity index (χ1) is 12.6. The van der Waals surface area contributed by atoms with E-state index in [1.54, 1.807) is 29.2 Å². The first-order valence-corrected chi connectivity index (χ1v) is 9.69. The van der Waals surface area contributed by atoms with Crippen LogP contribution in [0.4, 0.5) is 10.5 Å². The van der Waals surface area contributed by atoms with Crippen molar-refractivity contribution in [1.82, 2.24) is 20.4 Å². The Morgan fingerprint density at radius 1 is 1.31 bits per heavy atom. The molecule has 1 aliphatic heterocycles. The largest absolute Gasteiger partial charge is 0.338 e. The van der Waals surface area contributed by atoms with E-state index in [1.165, 1.54) is 11.3 Å². The number of hydrogen-bond donors (Lipinski definition) is 2. The third-order valence-corrected chi connectivity index (χ3v) is 5.46. The van der Waals surface area contributed by atoms with Gasteiger partial charge < -0.3 is 15.5 Å². The number of nitrogens with one attached hydrogen (secondary N) is 2. The first-order valence-electron chi connectivity index (χ1n) is 8.50. The van der Waals surface area contributed by atoms with Crippen molar-refractivity contribution in [2.75, 3.05) is 25.0 Å². The standard InChI is InChI=1S/C17H20ClN5O2S/c1-2-19-17(25)23-9-3-4-11(10-23)15-21-22-16(26-15)14(24)20-13-7-5-12(18)6-8-13/h5-8,11H,2-4,9-10H2,1H3,(H,19,25)(H,20,24)/t11-/m1/s1. The highest BCUT2D eigenvalue weighted by Crippen LogP contribution is 2.29. The zero-order chi connectivity index (χ0) is 18.5. The fourth-order valence-corrected chi connectivity index (χ4v) is 3.83. The van der Waals surface area contributed by atoms with Gasteiger partial charge in [-0.3, -0.25) is 4.79 Å². The van der Waals surface area contributed by atoms with Crippen molar-refractivity contribution in [1.29, 1.82) is 0 Å². The Bertz CT molecular complexity index is 780. The molecule has 0 saturated carbocycles. The molecule has 2 aromatic rings. The summed E-state index contributed by atoms with van der Waals surface area (Å²) in [4.78, 5) is 26.2. The smallest absolute Gasteiger partial charge is 0.317 e. The number of urea groups is 1. The summed E-state index contributed by atoms with van der Waals surface area (Å²) in [7, 11) is 0. The van der Waals surface area contributed by atoms with Gasteiger partial charge in [0.25, 0.3) is 5.91 Å². The molecule has 1 aliphatic rings. The lowest BCUT2D eigenvalue weighted by Gasteiger charge is -2.31. The number of carbonyl (C=O) groups is 2. The molecule has 0 aliphatic carbocycles. The maximum absolute atomic E-state index is 12.3. The van der Waals surface area contributed by atoms with Crippen LogP contribution in [0.5, 0.6) is 0 Å². The van der Waals surface area contributed by atoms with Gasteiger partial charge in [-0.25, -0.2) is 4.79 Å². The molecule has 3 amide bonds. The molecule has 1 fully saturated rings. The molecular weight excluding hydrogens is 374 g/mol. The molecule has 138 valence electrons. The molecule has 0 bridgehead atoms. The Balaban J connectivity index is 1.64.